The fraction of sp³-hybridized carbons (Fsp3) is 0.538. The van der Waals surface area contributed by atoms with Crippen LogP contribution in [0.25, 0.3) is 11.1 Å². The molecule has 2 saturated carbocycles. The minimum atomic E-state index is 0.777. The van der Waals surface area contributed by atoms with E-state index in [1.165, 1.54) is 62.5 Å². The highest BCUT2D eigenvalue weighted by atomic mass is 16.5. The van der Waals surface area contributed by atoms with Gasteiger partial charge in [0.05, 0.1) is 7.11 Å². The van der Waals surface area contributed by atoms with E-state index in [9.17, 15) is 0 Å². The number of ether oxygens (including phenoxy) is 1. The van der Waals surface area contributed by atoms with Gasteiger partial charge >= 0.3 is 0 Å². The van der Waals surface area contributed by atoms with Crippen LogP contribution in [0.5, 0.6) is 5.75 Å². The molecule has 27 heavy (non-hydrogen) atoms. The van der Waals surface area contributed by atoms with Gasteiger partial charge in [-0.1, -0.05) is 62.6 Å². The lowest BCUT2D eigenvalue weighted by Gasteiger charge is -2.42. The minimum absolute atomic E-state index is 0.777. The number of hydrogen-bond acceptors (Lipinski definition) is 1. The molecule has 2 aliphatic carbocycles. The molecule has 1 nitrogen and oxygen atoms in total. The Bertz CT molecular complexity index is 715. The first-order valence-electron chi connectivity index (χ1n) is 11.0. The number of fused-ring (bicyclic) bond motifs is 1. The van der Waals surface area contributed by atoms with Gasteiger partial charge in [0, 0.05) is 0 Å². The molecule has 0 spiro atoms. The summed E-state index contributed by atoms with van der Waals surface area (Å²) in [6.45, 7) is 2.35. The van der Waals surface area contributed by atoms with Gasteiger partial charge in [0.15, 0.2) is 0 Å². The molecule has 0 heterocycles. The molecule has 0 saturated heterocycles. The van der Waals surface area contributed by atoms with Crippen LogP contribution in [0.3, 0.4) is 0 Å². The lowest BCUT2D eigenvalue weighted by molar-refractivity contribution is 0.114. The molecule has 2 fully saturated rings. The number of methoxy groups -OCH3 is 1. The molecule has 0 aromatic heterocycles. The van der Waals surface area contributed by atoms with Gasteiger partial charge in [-0.2, -0.15) is 0 Å². The first-order valence-corrected chi connectivity index (χ1v) is 11.0. The Morgan fingerprint density at radius 2 is 1.41 bits per heavy atom. The zero-order chi connectivity index (χ0) is 18.6. The zero-order valence-electron chi connectivity index (χ0n) is 17.0. The van der Waals surface area contributed by atoms with E-state index >= 15 is 0 Å². The second-order valence-corrected chi connectivity index (χ2v) is 8.85. The molecule has 2 aromatic rings. The standard InChI is InChI=1S/C26H34O/c1-3-4-19-5-6-25-18-24(12-11-23(25)17-19)22-9-7-20(8-10-22)21-13-15-26(27-2)16-14-21/h7-10,13-16,19,23-25H,3-6,11-12,17-18H2,1-2H3/t19?,23-,24-,25-/m1/s1. The maximum absolute atomic E-state index is 5.27. The summed E-state index contributed by atoms with van der Waals surface area (Å²) in [5.74, 6) is 4.72. The zero-order valence-corrected chi connectivity index (χ0v) is 17.0. The Labute approximate surface area is 165 Å². The molecule has 0 N–H and O–H groups in total. The van der Waals surface area contributed by atoms with Crippen molar-refractivity contribution < 1.29 is 4.74 Å². The van der Waals surface area contributed by atoms with Crippen molar-refractivity contribution in [2.24, 2.45) is 17.8 Å². The average Bonchev–Trinajstić information content (AvgIpc) is 2.74. The van der Waals surface area contributed by atoms with E-state index in [0.717, 1.165) is 29.4 Å². The number of hydrogen-bond donors (Lipinski definition) is 0. The van der Waals surface area contributed by atoms with Crippen LogP contribution < -0.4 is 4.74 Å². The molecule has 1 heteroatoms. The summed E-state index contributed by atoms with van der Waals surface area (Å²) in [4.78, 5) is 0. The smallest absolute Gasteiger partial charge is 0.118 e. The molecule has 0 amide bonds. The van der Waals surface area contributed by atoms with Crippen molar-refractivity contribution in [1.82, 2.24) is 0 Å². The highest BCUT2D eigenvalue weighted by Crippen LogP contribution is 2.48. The second kappa shape index (κ2) is 8.50. The molecule has 144 valence electrons. The molecular weight excluding hydrogens is 328 g/mol. The first kappa shape index (κ1) is 18.6. The van der Waals surface area contributed by atoms with Gasteiger partial charge < -0.3 is 4.74 Å². The fourth-order valence-corrected chi connectivity index (χ4v) is 5.69. The maximum Gasteiger partial charge on any atom is 0.118 e. The van der Waals surface area contributed by atoms with E-state index in [2.05, 4.69) is 43.3 Å². The van der Waals surface area contributed by atoms with Crippen molar-refractivity contribution in [3.63, 3.8) is 0 Å². The van der Waals surface area contributed by atoms with E-state index in [-0.39, 0.29) is 0 Å². The normalized spacial score (nSPS) is 27.8. The Morgan fingerprint density at radius 3 is 2.07 bits per heavy atom. The van der Waals surface area contributed by atoms with Crippen LogP contribution in [0.4, 0.5) is 0 Å². The summed E-state index contributed by atoms with van der Waals surface area (Å²) in [7, 11) is 1.72. The predicted octanol–water partition coefficient (Wildman–Crippen LogP) is 7.46. The molecule has 4 rings (SSSR count). The second-order valence-electron chi connectivity index (χ2n) is 8.85. The van der Waals surface area contributed by atoms with Crippen LogP contribution in [-0.4, -0.2) is 7.11 Å². The SMILES string of the molecule is CCCC1CC[C@@H]2C[C@H](c3ccc(-c4ccc(OC)cc4)cc3)CC[C@@H]2C1. The third-order valence-electron chi connectivity index (χ3n) is 7.22. The van der Waals surface area contributed by atoms with Gasteiger partial charge in [0.2, 0.25) is 0 Å². The van der Waals surface area contributed by atoms with E-state index in [0.29, 0.717) is 0 Å². The van der Waals surface area contributed by atoms with Crippen molar-refractivity contribution in [1.29, 1.82) is 0 Å². The summed E-state index contributed by atoms with van der Waals surface area (Å²) in [5, 5.41) is 0. The third kappa shape index (κ3) is 4.23. The van der Waals surface area contributed by atoms with Crippen molar-refractivity contribution in [2.45, 2.75) is 64.2 Å². The summed E-state index contributed by atoms with van der Waals surface area (Å²) in [6, 6.07) is 17.8. The first-order chi connectivity index (χ1) is 13.3. The number of benzene rings is 2. The summed E-state index contributed by atoms with van der Waals surface area (Å²) < 4.78 is 5.27. The van der Waals surface area contributed by atoms with Crippen molar-refractivity contribution in [2.75, 3.05) is 7.11 Å². The van der Waals surface area contributed by atoms with Crippen molar-refractivity contribution in [3.8, 4) is 16.9 Å². The van der Waals surface area contributed by atoms with E-state index < -0.39 is 0 Å². The van der Waals surface area contributed by atoms with Crippen LogP contribution in [0, 0.1) is 17.8 Å². The predicted molar refractivity (Wildman–Crippen MR) is 114 cm³/mol. The quantitative estimate of drug-likeness (QED) is 0.536. The van der Waals surface area contributed by atoms with Gasteiger partial charge in [-0.25, -0.2) is 0 Å². The monoisotopic (exact) mass is 362 g/mol. The molecule has 2 aliphatic rings. The molecule has 0 radical (unpaired) electrons. The van der Waals surface area contributed by atoms with Crippen LogP contribution in [-0.2, 0) is 0 Å². The van der Waals surface area contributed by atoms with Gasteiger partial charge in [-0.3, -0.25) is 0 Å². The van der Waals surface area contributed by atoms with Gasteiger partial charge in [-0.15, -0.1) is 0 Å². The highest BCUT2D eigenvalue weighted by molar-refractivity contribution is 5.64. The topological polar surface area (TPSA) is 9.23 Å². The molecule has 1 unspecified atom stereocenters. The van der Waals surface area contributed by atoms with Crippen LogP contribution in [0.1, 0.15) is 69.8 Å². The third-order valence-corrected chi connectivity index (χ3v) is 7.22. The Hall–Kier alpha value is -1.76. The molecule has 2 aromatic carbocycles. The summed E-state index contributed by atoms with van der Waals surface area (Å²) in [5.41, 5.74) is 4.12. The lowest BCUT2D eigenvalue weighted by Crippen LogP contribution is -2.30. The van der Waals surface area contributed by atoms with Gasteiger partial charge in [0.25, 0.3) is 0 Å². The van der Waals surface area contributed by atoms with Crippen LogP contribution in [0.15, 0.2) is 48.5 Å². The Kier molecular flexibility index (Phi) is 5.86. The molecule has 4 atom stereocenters. The molecular formula is C26H34O. The maximum atomic E-state index is 5.27. The lowest BCUT2D eigenvalue weighted by atomic mass is 9.63. The van der Waals surface area contributed by atoms with Crippen LogP contribution >= 0.6 is 0 Å². The largest absolute Gasteiger partial charge is 0.497 e. The van der Waals surface area contributed by atoms with E-state index in [4.69, 9.17) is 4.74 Å². The fourth-order valence-electron chi connectivity index (χ4n) is 5.69. The van der Waals surface area contributed by atoms with Crippen molar-refractivity contribution in [3.05, 3.63) is 54.1 Å². The van der Waals surface area contributed by atoms with Gasteiger partial charge in [-0.05, 0) is 84.6 Å². The summed E-state index contributed by atoms with van der Waals surface area (Å²) in [6.07, 6.45) is 11.6. The average molecular weight is 363 g/mol. The van der Waals surface area contributed by atoms with E-state index in [1.54, 1.807) is 12.7 Å². The molecule has 0 aliphatic heterocycles. The minimum Gasteiger partial charge on any atom is -0.497 e. The van der Waals surface area contributed by atoms with Crippen molar-refractivity contribution >= 4 is 0 Å². The highest BCUT2D eigenvalue weighted by Gasteiger charge is 2.35. The Morgan fingerprint density at radius 1 is 0.778 bits per heavy atom. The van der Waals surface area contributed by atoms with Crippen LogP contribution in [0.2, 0.25) is 0 Å². The summed E-state index contributed by atoms with van der Waals surface area (Å²) >= 11 is 0. The van der Waals surface area contributed by atoms with E-state index in [1.807, 2.05) is 12.1 Å². The van der Waals surface area contributed by atoms with Gasteiger partial charge in [0.1, 0.15) is 5.75 Å². The Balaban J connectivity index is 1.39. The number of rotatable bonds is 5. The molecule has 0 bridgehead atoms.